The molecule has 6 nitrogen and oxygen atoms in total. The summed E-state index contributed by atoms with van der Waals surface area (Å²) in [5.41, 5.74) is 2.92. The maximum absolute atomic E-state index is 11.4. The van der Waals surface area contributed by atoms with E-state index in [4.69, 9.17) is 14.6 Å². The molecule has 2 fully saturated rings. The number of carbonyl (C=O) groups is 1. The van der Waals surface area contributed by atoms with Crippen molar-refractivity contribution in [3.8, 4) is 5.75 Å². The zero-order valence-electron chi connectivity index (χ0n) is 22.7. The number of benzene rings is 2. The molecule has 7 heteroatoms. The summed E-state index contributed by atoms with van der Waals surface area (Å²) in [6.45, 7) is 1.87. The second-order valence-electron chi connectivity index (χ2n) is 10.8. The van der Waals surface area contributed by atoms with Crippen molar-refractivity contribution >= 4 is 34.3 Å². The second kappa shape index (κ2) is 13.3. The van der Waals surface area contributed by atoms with Gasteiger partial charge in [-0.2, -0.15) is 0 Å². The highest BCUT2D eigenvalue weighted by Gasteiger charge is 2.30. The molecule has 2 saturated carbocycles. The fourth-order valence-electron chi connectivity index (χ4n) is 5.66. The predicted octanol–water partition coefficient (Wildman–Crippen LogP) is 8.34. The molecule has 0 saturated heterocycles. The van der Waals surface area contributed by atoms with Crippen molar-refractivity contribution < 1.29 is 19.5 Å². The number of aromatic nitrogens is 1. The summed E-state index contributed by atoms with van der Waals surface area (Å²) in [4.78, 5) is 23.4. The molecule has 1 aromatic heterocycles. The molecular formula is C32H38N2O4S. The van der Waals surface area contributed by atoms with Crippen LogP contribution in [0.5, 0.6) is 5.75 Å². The largest absolute Gasteiger partial charge is 0.487 e. The zero-order chi connectivity index (χ0) is 27.0. The van der Waals surface area contributed by atoms with Crippen LogP contribution in [0.3, 0.4) is 0 Å². The number of thioether (sulfide) groups is 1. The van der Waals surface area contributed by atoms with Crippen LogP contribution in [-0.4, -0.2) is 27.0 Å². The van der Waals surface area contributed by atoms with Crippen molar-refractivity contribution in [2.75, 3.05) is 0 Å². The number of ether oxygens (including phenoxy) is 1. The maximum Gasteiger partial charge on any atom is 0.353 e. The van der Waals surface area contributed by atoms with Crippen LogP contribution in [-0.2, 0) is 16.2 Å². The summed E-state index contributed by atoms with van der Waals surface area (Å²) in [5, 5.41) is 15.1. The van der Waals surface area contributed by atoms with Crippen LogP contribution in [0.1, 0.15) is 88.5 Å². The molecule has 2 aliphatic carbocycles. The van der Waals surface area contributed by atoms with Crippen molar-refractivity contribution in [2.24, 2.45) is 11.1 Å². The third-order valence-corrected chi connectivity index (χ3v) is 9.28. The van der Waals surface area contributed by atoms with Crippen LogP contribution >= 0.6 is 11.8 Å². The molecule has 0 aliphatic heterocycles. The number of rotatable bonds is 10. The molecule has 1 atom stereocenters. The van der Waals surface area contributed by atoms with E-state index >= 15 is 0 Å². The number of para-hydroxylation sites is 1. The van der Waals surface area contributed by atoms with E-state index in [0.29, 0.717) is 17.8 Å². The first-order valence-corrected chi connectivity index (χ1v) is 15.2. The van der Waals surface area contributed by atoms with Gasteiger partial charge in [-0.3, -0.25) is 0 Å². The van der Waals surface area contributed by atoms with E-state index in [9.17, 15) is 9.90 Å². The lowest BCUT2D eigenvalue weighted by Crippen LogP contribution is -2.20. The fourth-order valence-corrected chi connectivity index (χ4v) is 7.09. The number of carboxylic acid groups (broad SMARTS) is 1. The van der Waals surface area contributed by atoms with Gasteiger partial charge in [0.2, 0.25) is 0 Å². The van der Waals surface area contributed by atoms with Crippen molar-refractivity contribution in [3.05, 3.63) is 65.9 Å². The minimum Gasteiger partial charge on any atom is -0.487 e. The Morgan fingerprint density at radius 2 is 1.74 bits per heavy atom. The van der Waals surface area contributed by atoms with Gasteiger partial charge < -0.3 is 14.7 Å². The molecule has 0 spiro atoms. The third-order valence-electron chi connectivity index (χ3n) is 7.87. The van der Waals surface area contributed by atoms with E-state index in [-0.39, 0.29) is 11.8 Å². The highest BCUT2D eigenvalue weighted by Crippen LogP contribution is 2.44. The first-order valence-electron chi connectivity index (χ1n) is 14.3. The number of fused-ring (bicyclic) bond motifs is 1. The topological polar surface area (TPSA) is 81.0 Å². The molecule has 2 aliphatic rings. The van der Waals surface area contributed by atoms with Gasteiger partial charge in [-0.1, -0.05) is 74.0 Å². The number of carboxylic acids is 1. The monoisotopic (exact) mass is 546 g/mol. The molecule has 206 valence electrons. The lowest BCUT2D eigenvalue weighted by molar-refractivity contribution is -0.129. The second-order valence-corrected chi connectivity index (χ2v) is 12.1. The molecule has 1 unspecified atom stereocenters. The zero-order valence-corrected chi connectivity index (χ0v) is 23.5. The number of aliphatic carboxylic acids is 1. The Morgan fingerprint density at radius 1 is 1.00 bits per heavy atom. The Labute approximate surface area is 235 Å². The Kier molecular flexibility index (Phi) is 9.40. The predicted molar refractivity (Wildman–Crippen MR) is 156 cm³/mol. The minimum absolute atomic E-state index is 0.0277. The van der Waals surface area contributed by atoms with E-state index in [2.05, 4.69) is 29.4 Å². The number of hydrogen-bond donors (Lipinski definition) is 1. The van der Waals surface area contributed by atoms with Gasteiger partial charge in [-0.15, -0.1) is 11.8 Å². The van der Waals surface area contributed by atoms with Crippen LogP contribution in [0.25, 0.3) is 10.9 Å². The fraction of sp³-hybridized carbons (Fsp3) is 0.469. The van der Waals surface area contributed by atoms with Crippen LogP contribution in [0, 0.1) is 5.92 Å². The van der Waals surface area contributed by atoms with Gasteiger partial charge in [0, 0.05) is 27.0 Å². The molecule has 0 bridgehead atoms. The minimum atomic E-state index is -1.06. The van der Waals surface area contributed by atoms with E-state index in [0.717, 1.165) is 58.5 Å². The number of hydrogen-bond acceptors (Lipinski definition) is 6. The average molecular weight is 547 g/mol. The van der Waals surface area contributed by atoms with Gasteiger partial charge >= 0.3 is 5.97 Å². The Hall–Kier alpha value is -3.06. The lowest BCUT2D eigenvalue weighted by Gasteiger charge is -2.31. The molecule has 5 rings (SSSR count). The van der Waals surface area contributed by atoms with Gasteiger partial charge in [-0.05, 0) is 56.9 Å². The van der Waals surface area contributed by atoms with Crippen LogP contribution in [0.4, 0.5) is 0 Å². The summed E-state index contributed by atoms with van der Waals surface area (Å²) in [6.07, 6.45) is 11.7. The summed E-state index contributed by atoms with van der Waals surface area (Å²) >= 11 is 1.92. The Morgan fingerprint density at radius 3 is 2.51 bits per heavy atom. The molecule has 2 aromatic carbocycles. The van der Waals surface area contributed by atoms with Gasteiger partial charge in [0.15, 0.2) is 11.8 Å². The normalized spacial score (nSPS) is 18.1. The van der Waals surface area contributed by atoms with Gasteiger partial charge in [0.1, 0.15) is 12.4 Å². The van der Waals surface area contributed by atoms with Crippen LogP contribution < -0.4 is 4.74 Å². The average Bonchev–Trinajstić information content (AvgIpc) is 2.97. The summed E-state index contributed by atoms with van der Waals surface area (Å²) in [7, 11) is 0. The SMILES string of the molecule is C/C(=N\OC(c1ccc(OCc2ccc3ccccc3n2)cc1SC1CCCCC1)C1CCCCC1)C(=O)O. The van der Waals surface area contributed by atoms with E-state index in [1.165, 1.54) is 45.4 Å². The molecule has 39 heavy (non-hydrogen) atoms. The van der Waals surface area contributed by atoms with Crippen LogP contribution in [0.15, 0.2) is 64.6 Å². The Balaban J connectivity index is 1.42. The van der Waals surface area contributed by atoms with Gasteiger partial charge in [-0.25, -0.2) is 9.78 Å². The van der Waals surface area contributed by atoms with Crippen molar-refractivity contribution in [1.82, 2.24) is 4.98 Å². The standard InChI is InChI=1S/C32H38N2O4S/c1-22(32(35)36)34-38-31(24-11-4-2-5-12-24)28-19-18-26(20-30(28)39-27-13-6-3-7-14-27)37-21-25-17-16-23-10-8-9-15-29(23)33-25/h8-10,15-20,24,27,31H,2-7,11-14,21H2,1H3,(H,35,36)/b34-22+. The smallest absolute Gasteiger partial charge is 0.353 e. The quantitative estimate of drug-likeness (QED) is 0.203. The van der Waals surface area contributed by atoms with Crippen molar-refractivity contribution in [2.45, 2.75) is 94.0 Å². The van der Waals surface area contributed by atoms with Gasteiger partial charge in [0.25, 0.3) is 0 Å². The lowest BCUT2D eigenvalue weighted by atomic mass is 9.82. The summed E-state index contributed by atoms with van der Waals surface area (Å²) < 4.78 is 6.26. The Bertz CT molecular complexity index is 1300. The highest BCUT2D eigenvalue weighted by molar-refractivity contribution is 8.00. The molecule has 1 heterocycles. The van der Waals surface area contributed by atoms with Crippen LogP contribution in [0.2, 0.25) is 0 Å². The van der Waals surface area contributed by atoms with E-state index in [1.807, 2.05) is 42.1 Å². The first kappa shape index (κ1) is 27.5. The van der Waals surface area contributed by atoms with Crippen molar-refractivity contribution in [3.63, 3.8) is 0 Å². The highest BCUT2D eigenvalue weighted by atomic mass is 32.2. The molecule has 1 N–H and O–H groups in total. The molecule has 0 amide bonds. The summed E-state index contributed by atoms with van der Waals surface area (Å²) in [5.74, 6) is 0.0586. The number of oxime groups is 1. The van der Waals surface area contributed by atoms with E-state index in [1.54, 1.807) is 0 Å². The number of nitrogens with zero attached hydrogens (tertiary/aromatic N) is 2. The maximum atomic E-state index is 11.4. The number of pyridine rings is 1. The van der Waals surface area contributed by atoms with E-state index < -0.39 is 5.97 Å². The van der Waals surface area contributed by atoms with Crippen molar-refractivity contribution in [1.29, 1.82) is 0 Å². The van der Waals surface area contributed by atoms with Gasteiger partial charge in [0.05, 0.1) is 11.2 Å². The molecule has 0 radical (unpaired) electrons. The molecular weight excluding hydrogens is 508 g/mol. The first-order chi connectivity index (χ1) is 19.1. The molecule has 3 aromatic rings. The summed E-state index contributed by atoms with van der Waals surface area (Å²) in [6, 6.07) is 18.5. The third kappa shape index (κ3) is 7.33.